The summed E-state index contributed by atoms with van der Waals surface area (Å²) in [6, 6.07) is 2.01. The Morgan fingerprint density at radius 2 is 2.25 bits per heavy atom. The first-order valence-corrected chi connectivity index (χ1v) is 8.80. The van der Waals surface area contributed by atoms with E-state index < -0.39 is 0 Å². The predicted octanol–water partition coefficient (Wildman–Crippen LogP) is 2.98. The predicted molar refractivity (Wildman–Crippen MR) is 96.2 cm³/mol. The first kappa shape index (κ1) is 16.7. The number of aryl methyl sites for hydroxylation is 3. The molecule has 0 aromatic carbocycles. The number of carbonyl (C=O) groups excluding carboxylic acids is 1. The Hall–Kier alpha value is -2.15. The van der Waals surface area contributed by atoms with Crippen molar-refractivity contribution in [1.29, 1.82) is 0 Å². The topological polar surface area (TPSA) is 64.2 Å². The molecule has 3 aromatic rings. The van der Waals surface area contributed by atoms with Crippen LogP contribution in [0, 0.1) is 6.92 Å². The van der Waals surface area contributed by atoms with Crippen LogP contribution in [0.5, 0.6) is 0 Å². The third kappa shape index (κ3) is 3.36. The van der Waals surface area contributed by atoms with Crippen molar-refractivity contribution in [3.63, 3.8) is 0 Å². The van der Waals surface area contributed by atoms with Crippen molar-refractivity contribution in [2.75, 3.05) is 6.54 Å². The Morgan fingerprint density at radius 1 is 1.42 bits per heavy atom. The molecule has 1 amide bonds. The van der Waals surface area contributed by atoms with Gasteiger partial charge in [0.15, 0.2) is 5.65 Å². The van der Waals surface area contributed by atoms with Crippen molar-refractivity contribution in [1.82, 2.24) is 24.3 Å². The average Bonchev–Trinajstić information content (AvgIpc) is 3.18. The first-order chi connectivity index (χ1) is 11.6. The summed E-state index contributed by atoms with van der Waals surface area (Å²) in [6.07, 6.45) is 8.97. The zero-order chi connectivity index (χ0) is 17.1. The highest BCUT2D eigenvalue weighted by atomic mass is 79.9. The molecule has 0 aliphatic rings. The lowest BCUT2D eigenvalue weighted by Gasteiger charge is -2.08. The van der Waals surface area contributed by atoms with Gasteiger partial charge in [-0.05, 0) is 47.3 Å². The smallest absolute Gasteiger partial charge is 0.270 e. The molecule has 126 valence electrons. The summed E-state index contributed by atoms with van der Waals surface area (Å²) in [7, 11) is 0. The van der Waals surface area contributed by atoms with E-state index in [1.807, 2.05) is 41.3 Å². The molecule has 0 aliphatic heterocycles. The van der Waals surface area contributed by atoms with Gasteiger partial charge < -0.3 is 9.88 Å². The first-order valence-electron chi connectivity index (χ1n) is 8.01. The van der Waals surface area contributed by atoms with E-state index in [0.29, 0.717) is 18.7 Å². The van der Waals surface area contributed by atoms with E-state index in [0.717, 1.165) is 34.3 Å². The lowest BCUT2D eigenvalue weighted by atomic mass is 10.2. The van der Waals surface area contributed by atoms with Gasteiger partial charge in [-0.1, -0.05) is 6.92 Å². The molecule has 3 heterocycles. The van der Waals surface area contributed by atoms with Crippen LogP contribution in [0.25, 0.3) is 5.65 Å². The number of aromatic nitrogens is 4. The van der Waals surface area contributed by atoms with Crippen LogP contribution in [0.3, 0.4) is 0 Å². The van der Waals surface area contributed by atoms with Crippen LogP contribution in [0.4, 0.5) is 0 Å². The summed E-state index contributed by atoms with van der Waals surface area (Å²) in [6.45, 7) is 5.46. The zero-order valence-corrected chi connectivity index (χ0v) is 15.4. The fraction of sp³-hybridized carbons (Fsp3) is 0.353. The van der Waals surface area contributed by atoms with Crippen molar-refractivity contribution in [2.45, 2.75) is 33.2 Å². The highest BCUT2D eigenvalue weighted by Crippen LogP contribution is 2.23. The lowest BCUT2D eigenvalue weighted by Crippen LogP contribution is -2.27. The van der Waals surface area contributed by atoms with Crippen molar-refractivity contribution < 1.29 is 4.79 Å². The summed E-state index contributed by atoms with van der Waals surface area (Å²) in [5.74, 6) is -0.0810. The number of nitrogens with one attached hydrogen (secondary N) is 1. The summed E-state index contributed by atoms with van der Waals surface area (Å²) < 4.78 is 4.78. The van der Waals surface area contributed by atoms with Gasteiger partial charge in [0.2, 0.25) is 0 Å². The van der Waals surface area contributed by atoms with E-state index >= 15 is 0 Å². The van der Waals surface area contributed by atoms with Crippen LogP contribution in [0.1, 0.15) is 35.1 Å². The molecule has 0 radical (unpaired) electrons. The summed E-state index contributed by atoms with van der Waals surface area (Å²) in [5, 5.41) is 3.00. The molecule has 0 atom stereocenters. The number of halogens is 1. The molecule has 7 heteroatoms. The van der Waals surface area contributed by atoms with Gasteiger partial charge in [0.05, 0.1) is 16.5 Å². The Morgan fingerprint density at radius 3 is 2.96 bits per heavy atom. The van der Waals surface area contributed by atoms with Crippen LogP contribution in [0.15, 0.2) is 35.5 Å². The zero-order valence-electron chi connectivity index (χ0n) is 13.8. The van der Waals surface area contributed by atoms with E-state index in [1.165, 1.54) is 0 Å². The van der Waals surface area contributed by atoms with Crippen molar-refractivity contribution in [3.8, 4) is 0 Å². The third-order valence-electron chi connectivity index (χ3n) is 3.87. The second-order valence-corrected chi connectivity index (χ2v) is 6.58. The van der Waals surface area contributed by atoms with Gasteiger partial charge in [0.25, 0.3) is 5.91 Å². The van der Waals surface area contributed by atoms with Gasteiger partial charge in [0, 0.05) is 31.7 Å². The molecule has 0 saturated carbocycles. The molecule has 6 nitrogen and oxygen atoms in total. The maximum Gasteiger partial charge on any atom is 0.270 e. The fourth-order valence-electron chi connectivity index (χ4n) is 2.73. The number of fused-ring (bicyclic) bond motifs is 1. The standard InChI is InChI=1S/C17H20BrN5O/c1-3-14-15(23-10-12(2)9-13(18)16(23)21-14)17(24)20-5-4-7-22-8-6-19-11-22/h6,8-11H,3-5,7H2,1-2H3,(H,20,24). The second kappa shape index (κ2) is 7.17. The normalized spacial score (nSPS) is 11.1. The Labute approximate surface area is 149 Å². The minimum Gasteiger partial charge on any atom is -0.351 e. The van der Waals surface area contributed by atoms with Gasteiger partial charge in [-0.25, -0.2) is 9.97 Å². The van der Waals surface area contributed by atoms with Crippen LogP contribution in [-0.2, 0) is 13.0 Å². The number of hydrogen-bond acceptors (Lipinski definition) is 3. The number of imidazole rings is 2. The number of pyridine rings is 1. The second-order valence-electron chi connectivity index (χ2n) is 5.73. The number of nitrogens with zero attached hydrogens (tertiary/aromatic N) is 4. The Kier molecular flexibility index (Phi) is 4.99. The number of hydrogen-bond donors (Lipinski definition) is 1. The van der Waals surface area contributed by atoms with Crippen molar-refractivity contribution >= 4 is 27.5 Å². The fourth-order valence-corrected chi connectivity index (χ4v) is 3.37. The molecule has 3 aromatic heterocycles. The van der Waals surface area contributed by atoms with Gasteiger partial charge in [0.1, 0.15) is 5.69 Å². The quantitative estimate of drug-likeness (QED) is 0.659. The van der Waals surface area contributed by atoms with Crippen molar-refractivity contribution in [2.24, 2.45) is 0 Å². The molecule has 24 heavy (non-hydrogen) atoms. The summed E-state index contributed by atoms with van der Waals surface area (Å²) >= 11 is 3.54. The number of rotatable bonds is 6. The SMILES string of the molecule is CCc1nc2c(Br)cc(C)cn2c1C(=O)NCCCn1ccnc1. The molecular formula is C17H20BrN5O. The van der Waals surface area contributed by atoms with Gasteiger partial charge in [-0.2, -0.15) is 0 Å². The minimum absolute atomic E-state index is 0.0810. The average molecular weight is 390 g/mol. The number of carbonyl (C=O) groups is 1. The summed E-state index contributed by atoms with van der Waals surface area (Å²) in [5.41, 5.74) is 3.29. The molecule has 0 fully saturated rings. The maximum absolute atomic E-state index is 12.7. The summed E-state index contributed by atoms with van der Waals surface area (Å²) in [4.78, 5) is 21.3. The molecule has 0 aliphatic carbocycles. The molecule has 0 bridgehead atoms. The van der Waals surface area contributed by atoms with Gasteiger partial charge >= 0.3 is 0 Å². The van der Waals surface area contributed by atoms with Crippen molar-refractivity contribution in [3.05, 3.63) is 52.4 Å². The van der Waals surface area contributed by atoms with Crippen LogP contribution >= 0.6 is 15.9 Å². The molecule has 0 spiro atoms. The molecule has 3 rings (SSSR count). The Balaban J connectivity index is 1.76. The van der Waals surface area contributed by atoms with Crippen LogP contribution in [-0.4, -0.2) is 31.4 Å². The Bertz CT molecular complexity index is 854. The van der Waals surface area contributed by atoms with E-state index in [2.05, 4.69) is 31.2 Å². The lowest BCUT2D eigenvalue weighted by molar-refractivity contribution is 0.0946. The minimum atomic E-state index is -0.0810. The van der Waals surface area contributed by atoms with E-state index in [-0.39, 0.29) is 5.91 Å². The molecule has 0 unspecified atom stereocenters. The van der Waals surface area contributed by atoms with E-state index in [4.69, 9.17) is 0 Å². The maximum atomic E-state index is 12.7. The van der Waals surface area contributed by atoms with E-state index in [1.54, 1.807) is 12.5 Å². The van der Waals surface area contributed by atoms with Crippen LogP contribution < -0.4 is 5.32 Å². The molecule has 1 N–H and O–H groups in total. The van der Waals surface area contributed by atoms with Gasteiger partial charge in [-0.15, -0.1) is 0 Å². The highest BCUT2D eigenvalue weighted by molar-refractivity contribution is 9.10. The monoisotopic (exact) mass is 389 g/mol. The molecular weight excluding hydrogens is 370 g/mol. The largest absolute Gasteiger partial charge is 0.351 e. The third-order valence-corrected chi connectivity index (χ3v) is 4.46. The number of amides is 1. The van der Waals surface area contributed by atoms with E-state index in [9.17, 15) is 4.79 Å². The van der Waals surface area contributed by atoms with Crippen LogP contribution in [0.2, 0.25) is 0 Å². The molecule has 0 saturated heterocycles. The van der Waals surface area contributed by atoms with Gasteiger partial charge in [-0.3, -0.25) is 9.20 Å². The highest BCUT2D eigenvalue weighted by Gasteiger charge is 2.19.